The molecule has 174 valence electrons. The van der Waals surface area contributed by atoms with Crippen LogP contribution in [-0.2, 0) is 27.4 Å². The molecule has 2 saturated heterocycles. The maximum Gasteiger partial charge on any atom is 0.245 e. The van der Waals surface area contributed by atoms with Gasteiger partial charge in [-0.1, -0.05) is 29.8 Å². The lowest BCUT2D eigenvalue weighted by molar-refractivity contribution is -0.140. The highest BCUT2D eigenvalue weighted by Gasteiger charge is 2.37. The Morgan fingerprint density at radius 3 is 2.79 bits per heavy atom. The molecular weight excluding hydrogens is 422 g/mol. The summed E-state index contributed by atoms with van der Waals surface area (Å²) in [5.74, 6) is 1.25. The summed E-state index contributed by atoms with van der Waals surface area (Å²) in [4.78, 5) is 26.4. The number of fused-ring (bicyclic) bond motifs is 1. The quantitative estimate of drug-likeness (QED) is 0.491. The minimum absolute atomic E-state index is 0.0683. The van der Waals surface area contributed by atoms with Gasteiger partial charge in [-0.05, 0) is 12.5 Å². The molecule has 5 rings (SSSR count). The molecule has 0 radical (unpaired) electrons. The third kappa shape index (κ3) is 4.68. The van der Waals surface area contributed by atoms with Crippen LogP contribution in [0.1, 0.15) is 22.4 Å². The van der Waals surface area contributed by atoms with Crippen molar-refractivity contribution in [2.24, 2.45) is 16.8 Å². The molecule has 4 heterocycles. The smallest absolute Gasteiger partial charge is 0.245 e. The van der Waals surface area contributed by atoms with Gasteiger partial charge in [-0.2, -0.15) is 10.1 Å². The van der Waals surface area contributed by atoms with Gasteiger partial charge in [-0.15, -0.1) is 0 Å². The molecular formula is C23H29N7O3. The molecule has 1 atom stereocenters. The average molecular weight is 452 g/mol. The second-order valence-electron chi connectivity index (χ2n) is 8.70. The Hall–Kier alpha value is -3.08. The first-order valence-corrected chi connectivity index (χ1v) is 11.3. The fourth-order valence-electron chi connectivity index (χ4n) is 4.27. The van der Waals surface area contributed by atoms with Crippen molar-refractivity contribution >= 4 is 23.9 Å². The largest absolute Gasteiger partial charge is 0.381 e. The lowest BCUT2D eigenvalue weighted by Gasteiger charge is -2.32. The summed E-state index contributed by atoms with van der Waals surface area (Å²) in [5.41, 5.74) is 13.1. The number of nitrogens with zero attached hydrogens (tertiary/aromatic N) is 5. The number of benzene rings is 1. The highest BCUT2D eigenvalue weighted by Crippen LogP contribution is 2.32. The number of amides is 1. The Kier molecular flexibility index (Phi) is 6.21. The van der Waals surface area contributed by atoms with E-state index in [0.29, 0.717) is 45.5 Å². The topological polar surface area (TPSA) is 118 Å². The minimum Gasteiger partial charge on any atom is -0.381 e. The number of carbonyl (C=O) groups is 1. The summed E-state index contributed by atoms with van der Waals surface area (Å²) < 4.78 is 10.7. The molecule has 1 aromatic heterocycles. The third-order valence-electron chi connectivity index (χ3n) is 6.26. The number of rotatable bonds is 6. The molecule has 0 unspecified atom stereocenters. The van der Waals surface area contributed by atoms with Crippen molar-refractivity contribution in [3.8, 4) is 0 Å². The number of anilines is 2. The SMILES string of the molecule is Cc1cccc(/C=N/Nc2nc3c(c(N4CCOCC4)n2)CN(C(=O)[C@@H](N)C2COC2)C3)c1. The number of aryl methyl sites for hydroxylation is 1. The predicted molar refractivity (Wildman–Crippen MR) is 124 cm³/mol. The average Bonchev–Trinajstić information content (AvgIpc) is 3.21. The number of nitrogens with one attached hydrogen (secondary N) is 1. The zero-order valence-electron chi connectivity index (χ0n) is 18.7. The van der Waals surface area contributed by atoms with Crippen molar-refractivity contribution in [1.29, 1.82) is 0 Å². The summed E-state index contributed by atoms with van der Waals surface area (Å²) in [6.45, 7) is 6.74. The molecule has 2 aromatic rings. The van der Waals surface area contributed by atoms with Gasteiger partial charge in [-0.25, -0.2) is 10.4 Å². The number of nitrogens with two attached hydrogens (primary N) is 1. The first-order valence-electron chi connectivity index (χ1n) is 11.3. The number of hydrazone groups is 1. The minimum atomic E-state index is -0.551. The van der Waals surface area contributed by atoms with Crippen LogP contribution in [0.4, 0.5) is 11.8 Å². The molecule has 1 aromatic carbocycles. The first kappa shape index (κ1) is 21.7. The standard InChI is InChI=1S/C23H29N7O3/c1-15-3-2-4-16(9-15)10-25-28-23-26-19-12-30(22(31)20(24)17-13-33-14-17)11-18(19)21(27-23)29-5-7-32-8-6-29/h2-4,9-10,17,20H,5-8,11-14,24H2,1H3,(H,26,27,28)/b25-10+/t20-/m0/s1. The predicted octanol–water partition coefficient (Wildman–Crippen LogP) is 0.884. The molecule has 10 nitrogen and oxygen atoms in total. The van der Waals surface area contributed by atoms with E-state index in [1.807, 2.05) is 31.2 Å². The van der Waals surface area contributed by atoms with E-state index in [-0.39, 0.29) is 11.8 Å². The summed E-state index contributed by atoms with van der Waals surface area (Å²) >= 11 is 0. The number of carbonyl (C=O) groups excluding carboxylic acids is 1. The lowest BCUT2D eigenvalue weighted by atomic mass is 9.98. The van der Waals surface area contributed by atoms with Crippen molar-refractivity contribution in [2.75, 3.05) is 49.8 Å². The van der Waals surface area contributed by atoms with Gasteiger partial charge < -0.3 is 25.0 Å². The lowest BCUT2D eigenvalue weighted by Crippen LogP contribution is -2.52. The van der Waals surface area contributed by atoms with E-state index < -0.39 is 6.04 Å². The van der Waals surface area contributed by atoms with Crippen LogP contribution in [0.5, 0.6) is 0 Å². The van der Waals surface area contributed by atoms with E-state index >= 15 is 0 Å². The molecule has 0 saturated carbocycles. The highest BCUT2D eigenvalue weighted by atomic mass is 16.5. The Balaban J connectivity index is 1.37. The van der Waals surface area contributed by atoms with E-state index in [9.17, 15) is 4.79 Å². The van der Waals surface area contributed by atoms with E-state index in [1.54, 1.807) is 11.1 Å². The first-order chi connectivity index (χ1) is 16.1. The van der Waals surface area contributed by atoms with Crippen molar-refractivity contribution in [3.63, 3.8) is 0 Å². The van der Waals surface area contributed by atoms with Gasteiger partial charge in [-0.3, -0.25) is 4.79 Å². The van der Waals surface area contributed by atoms with Gasteiger partial charge in [0.1, 0.15) is 5.82 Å². The van der Waals surface area contributed by atoms with Crippen LogP contribution in [0.2, 0.25) is 0 Å². The second-order valence-corrected chi connectivity index (χ2v) is 8.70. The van der Waals surface area contributed by atoms with Crippen molar-refractivity contribution in [3.05, 3.63) is 46.6 Å². The number of ether oxygens (including phenoxy) is 2. The number of hydrogen-bond acceptors (Lipinski definition) is 9. The molecule has 3 N–H and O–H groups in total. The van der Waals surface area contributed by atoms with Gasteiger partial charge in [0.05, 0.1) is 57.5 Å². The van der Waals surface area contributed by atoms with Crippen LogP contribution < -0.4 is 16.1 Å². The van der Waals surface area contributed by atoms with Gasteiger partial charge in [0, 0.05) is 24.6 Å². The molecule has 0 aliphatic carbocycles. The van der Waals surface area contributed by atoms with Gasteiger partial charge in [0.25, 0.3) is 0 Å². The normalized spacial score (nSPS) is 19.5. The van der Waals surface area contributed by atoms with Crippen molar-refractivity contribution in [2.45, 2.75) is 26.1 Å². The van der Waals surface area contributed by atoms with E-state index in [4.69, 9.17) is 20.2 Å². The Bertz CT molecular complexity index is 1050. The maximum absolute atomic E-state index is 13.0. The molecule has 10 heteroatoms. The molecule has 0 spiro atoms. The summed E-state index contributed by atoms with van der Waals surface area (Å²) in [6, 6.07) is 7.52. The summed E-state index contributed by atoms with van der Waals surface area (Å²) in [6.07, 6.45) is 1.74. The highest BCUT2D eigenvalue weighted by molar-refractivity contribution is 5.83. The van der Waals surface area contributed by atoms with Crippen LogP contribution >= 0.6 is 0 Å². The van der Waals surface area contributed by atoms with E-state index in [2.05, 4.69) is 20.4 Å². The molecule has 2 fully saturated rings. The maximum atomic E-state index is 13.0. The van der Waals surface area contributed by atoms with Crippen molar-refractivity contribution < 1.29 is 14.3 Å². The van der Waals surface area contributed by atoms with Crippen LogP contribution in [0, 0.1) is 12.8 Å². The van der Waals surface area contributed by atoms with Gasteiger partial charge in [0.2, 0.25) is 11.9 Å². The second kappa shape index (κ2) is 9.42. The molecule has 0 bridgehead atoms. The number of aromatic nitrogens is 2. The number of morpholine rings is 1. The van der Waals surface area contributed by atoms with Crippen LogP contribution in [0.3, 0.4) is 0 Å². The van der Waals surface area contributed by atoms with Gasteiger partial charge >= 0.3 is 0 Å². The van der Waals surface area contributed by atoms with Crippen LogP contribution in [-0.4, -0.2) is 72.5 Å². The van der Waals surface area contributed by atoms with E-state index in [1.165, 1.54) is 5.56 Å². The summed E-state index contributed by atoms with van der Waals surface area (Å²) in [5, 5.41) is 4.33. The van der Waals surface area contributed by atoms with Crippen LogP contribution in [0.15, 0.2) is 29.4 Å². The van der Waals surface area contributed by atoms with Gasteiger partial charge in [0.15, 0.2) is 0 Å². The molecule has 3 aliphatic heterocycles. The summed E-state index contributed by atoms with van der Waals surface area (Å²) in [7, 11) is 0. The Morgan fingerprint density at radius 2 is 2.06 bits per heavy atom. The molecule has 3 aliphatic rings. The fraction of sp³-hybridized carbons (Fsp3) is 0.478. The third-order valence-corrected chi connectivity index (χ3v) is 6.26. The Morgan fingerprint density at radius 1 is 1.24 bits per heavy atom. The van der Waals surface area contributed by atoms with Crippen molar-refractivity contribution in [1.82, 2.24) is 14.9 Å². The number of hydrogen-bond donors (Lipinski definition) is 2. The zero-order chi connectivity index (χ0) is 22.8. The monoisotopic (exact) mass is 451 g/mol. The fourth-order valence-corrected chi connectivity index (χ4v) is 4.27. The molecule has 1 amide bonds. The molecule has 33 heavy (non-hydrogen) atoms. The van der Waals surface area contributed by atoms with Crippen LogP contribution in [0.25, 0.3) is 0 Å². The Labute approximate surface area is 192 Å². The zero-order valence-corrected chi connectivity index (χ0v) is 18.7. The van der Waals surface area contributed by atoms with E-state index in [0.717, 1.165) is 35.7 Å².